The molecule has 2 aromatic carbocycles. The minimum absolute atomic E-state index is 0.105. The highest BCUT2D eigenvalue weighted by molar-refractivity contribution is 6.15. The van der Waals surface area contributed by atoms with Crippen molar-refractivity contribution in [1.29, 1.82) is 0 Å². The van der Waals surface area contributed by atoms with Crippen LogP contribution in [0.15, 0.2) is 48.5 Å². The monoisotopic (exact) mass is 395 g/mol. The van der Waals surface area contributed by atoms with Crippen molar-refractivity contribution in [3.8, 4) is 0 Å². The Bertz CT molecular complexity index is 937. The third kappa shape index (κ3) is 3.65. The van der Waals surface area contributed by atoms with E-state index in [4.69, 9.17) is 0 Å². The largest absolute Gasteiger partial charge is 0.322 e. The van der Waals surface area contributed by atoms with Crippen LogP contribution in [-0.4, -0.2) is 34.3 Å². The number of hydrogen-bond acceptors (Lipinski definition) is 3. The van der Waals surface area contributed by atoms with Gasteiger partial charge in [-0.1, -0.05) is 24.3 Å². The molecule has 1 aliphatic heterocycles. The molecule has 0 bridgehead atoms. The molecule has 6 heteroatoms. The van der Waals surface area contributed by atoms with Crippen molar-refractivity contribution in [1.82, 2.24) is 4.90 Å². The summed E-state index contributed by atoms with van der Waals surface area (Å²) >= 11 is 0. The van der Waals surface area contributed by atoms with Crippen LogP contribution in [0.2, 0.25) is 0 Å². The minimum atomic E-state index is -0.995. The van der Waals surface area contributed by atoms with Gasteiger partial charge in [0.05, 0.1) is 17.4 Å². The Morgan fingerprint density at radius 3 is 2.52 bits per heavy atom. The van der Waals surface area contributed by atoms with Crippen molar-refractivity contribution in [2.75, 3.05) is 10.2 Å². The molecule has 2 aliphatic rings. The molecule has 2 amide bonds. The molecule has 1 unspecified atom stereocenters. The molecule has 1 fully saturated rings. The highest BCUT2D eigenvalue weighted by Crippen LogP contribution is 2.38. The van der Waals surface area contributed by atoms with Gasteiger partial charge in [-0.2, -0.15) is 0 Å². The average Bonchev–Trinajstić information content (AvgIpc) is 3.52. The fourth-order valence-electron chi connectivity index (χ4n) is 3.96. The third-order valence-corrected chi connectivity index (χ3v) is 5.88. The standard InChI is InChI=1S/C23H26FN3O2/c1-15(26(18-12-13-18)14-16-8-10-17(24)11-9-16)21(28)27-20-7-5-4-6-19(20)25-22(29)23(27,2)3/h4-11,15,18H,12-14H2,1-3H3,(H,25,29). The fourth-order valence-corrected chi connectivity index (χ4v) is 3.96. The van der Waals surface area contributed by atoms with E-state index in [1.54, 1.807) is 30.9 Å². The van der Waals surface area contributed by atoms with Crippen molar-refractivity contribution < 1.29 is 14.0 Å². The normalized spacial score (nSPS) is 18.9. The maximum absolute atomic E-state index is 13.7. The van der Waals surface area contributed by atoms with Crippen LogP contribution in [0.4, 0.5) is 15.8 Å². The molecule has 1 aliphatic carbocycles. The Morgan fingerprint density at radius 2 is 1.86 bits per heavy atom. The second-order valence-electron chi connectivity index (χ2n) is 8.41. The molecule has 152 valence electrons. The predicted octanol–water partition coefficient (Wildman–Crippen LogP) is 3.94. The first-order chi connectivity index (χ1) is 13.8. The van der Waals surface area contributed by atoms with Crippen molar-refractivity contribution >= 4 is 23.2 Å². The van der Waals surface area contributed by atoms with E-state index >= 15 is 0 Å². The number of carbonyl (C=O) groups is 2. The zero-order valence-electron chi connectivity index (χ0n) is 17.0. The molecule has 0 aromatic heterocycles. The van der Waals surface area contributed by atoms with Crippen LogP contribution >= 0.6 is 0 Å². The summed E-state index contributed by atoms with van der Waals surface area (Å²) in [5, 5.41) is 2.90. The van der Waals surface area contributed by atoms with E-state index in [2.05, 4.69) is 10.2 Å². The lowest BCUT2D eigenvalue weighted by atomic mass is 9.95. The maximum Gasteiger partial charge on any atom is 0.250 e. The van der Waals surface area contributed by atoms with Crippen molar-refractivity contribution in [2.24, 2.45) is 0 Å². The summed E-state index contributed by atoms with van der Waals surface area (Å²) in [5.41, 5.74) is 1.33. The zero-order valence-corrected chi connectivity index (χ0v) is 17.0. The lowest BCUT2D eigenvalue weighted by Crippen LogP contribution is -2.62. The third-order valence-electron chi connectivity index (χ3n) is 5.88. The number of para-hydroxylation sites is 2. The molecule has 0 saturated heterocycles. The molecule has 1 heterocycles. The van der Waals surface area contributed by atoms with Gasteiger partial charge in [-0.05, 0) is 63.4 Å². The lowest BCUT2D eigenvalue weighted by Gasteiger charge is -2.44. The molecule has 4 rings (SSSR count). The summed E-state index contributed by atoms with van der Waals surface area (Å²) in [7, 11) is 0. The molecule has 1 N–H and O–H groups in total. The highest BCUT2D eigenvalue weighted by atomic mass is 19.1. The highest BCUT2D eigenvalue weighted by Gasteiger charge is 2.46. The van der Waals surface area contributed by atoms with E-state index in [1.165, 1.54) is 12.1 Å². The van der Waals surface area contributed by atoms with Gasteiger partial charge in [0.25, 0.3) is 0 Å². The van der Waals surface area contributed by atoms with Gasteiger partial charge in [-0.25, -0.2) is 4.39 Å². The summed E-state index contributed by atoms with van der Waals surface area (Å²) in [4.78, 5) is 30.2. The van der Waals surface area contributed by atoms with Crippen LogP contribution in [0.3, 0.4) is 0 Å². The Hall–Kier alpha value is -2.73. The van der Waals surface area contributed by atoms with E-state index < -0.39 is 11.6 Å². The van der Waals surface area contributed by atoms with Crippen LogP contribution in [0.5, 0.6) is 0 Å². The summed E-state index contributed by atoms with van der Waals surface area (Å²) < 4.78 is 13.3. The van der Waals surface area contributed by atoms with Crippen LogP contribution in [0, 0.1) is 5.82 Å². The molecule has 1 saturated carbocycles. The Kier molecular flexibility index (Phi) is 4.90. The van der Waals surface area contributed by atoms with Crippen molar-refractivity contribution in [2.45, 2.75) is 57.8 Å². The second kappa shape index (κ2) is 7.26. The van der Waals surface area contributed by atoms with Crippen LogP contribution < -0.4 is 10.2 Å². The van der Waals surface area contributed by atoms with Crippen molar-refractivity contribution in [3.63, 3.8) is 0 Å². The number of amides is 2. The van der Waals surface area contributed by atoms with Gasteiger partial charge in [0.2, 0.25) is 11.8 Å². The van der Waals surface area contributed by atoms with Gasteiger partial charge in [-0.15, -0.1) is 0 Å². The number of hydrogen-bond donors (Lipinski definition) is 1. The first-order valence-electron chi connectivity index (χ1n) is 10.0. The molecule has 2 aromatic rings. The lowest BCUT2D eigenvalue weighted by molar-refractivity contribution is -0.129. The Morgan fingerprint density at radius 1 is 1.21 bits per heavy atom. The second-order valence-corrected chi connectivity index (χ2v) is 8.41. The molecule has 5 nitrogen and oxygen atoms in total. The number of halogens is 1. The van der Waals surface area contributed by atoms with Gasteiger partial charge in [-0.3, -0.25) is 19.4 Å². The number of anilines is 2. The molecule has 1 atom stereocenters. The number of nitrogens with one attached hydrogen (secondary N) is 1. The van der Waals surface area contributed by atoms with E-state index in [-0.39, 0.29) is 17.6 Å². The maximum atomic E-state index is 13.7. The van der Waals surface area contributed by atoms with Crippen molar-refractivity contribution in [3.05, 3.63) is 59.9 Å². The van der Waals surface area contributed by atoms with Gasteiger partial charge in [0, 0.05) is 12.6 Å². The Labute approximate surface area is 170 Å². The summed E-state index contributed by atoms with van der Waals surface area (Å²) in [6.45, 7) is 6.00. The molecular formula is C23H26FN3O2. The van der Waals surface area contributed by atoms with Crippen LogP contribution in [-0.2, 0) is 16.1 Å². The van der Waals surface area contributed by atoms with E-state index in [9.17, 15) is 14.0 Å². The topological polar surface area (TPSA) is 52.7 Å². The van der Waals surface area contributed by atoms with E-state index in [0.29, 0.717) is 24.0 Å². The van der Waals surface area contributed by atoms with Crippen LogP contribution in [0.25, 0.3) is 0 Å². The summed E-state index contributed by atoms with van der Waals surface area (Å²) in [5.74, 6) is -0.576. The molecule has 0 radical (unpaired) electrons. The number of fused-ring (bicyclic) bond motifs is 1. The van der Waals surface area contributed by atoms with E-state index in [1.807, 2.05) is 31.2 Å². The smallest absolute Gasteiger partial charge is 0.250 e. The molecule has 29 heavy (non-hydrogen) atoms. The van der Waals surface area contributed by atoms with Gasteiger partial charge < -0.3 is 5.32 Å². The van der Waals surface area contributed by atoms with Gasteiger partial charge >= 0.3 is 0 Å². The fraction of sp³-hybridized carbons (Fsp3) is 0.391. The number of rotatable bonds is 5. The summed E-state index contributed by atoms with van der Waals surface area (Å²) in [6, 6.07) is 13.7. The number of benzene rings is 2. The quantitative estimate of drug-likeness (QED) is 0.834. The predicted molar refractivity (Wildman–Crippen MR) is 111 cm³/mol. The van der Waals surface area contributed by atoms with Gasteiger partial charge in [0.1, 0.15) is 11.4 Å². The molecule has 0 spiro atoms. The van der Waals surface area contributed by atoms with Gasteiger partial charge in [0.15, 0.2) is 0 Å². The zero-order chi connectivity index (χ0) is 20.8. The summed E-state index contributed by atoms with van der Waals surface area (Å²) in [6.07, 6.45) is 2.08. The van der Waals surface area contributed by atoms with Crippen LogP contribution in [0.1, 0.15) is 39.2 Å². The number of carbonyl (C=O) groups excluding carboxylic acids is 2. The molecular weight excluding hydrogens is 369 g/mol. The average molecular weight is 395 g/mol. The van der Waals surface area contributed by atoms with E-state index in [0.717, 1.165) is 18.4 Å². The minimum Gasteiger partial charge on any atom is -0.322 e. The first kappa shape index (κ1) is 19.6. The Balaban J connectivity index is 1.64. The SMILES string of the molecule is CC(C(=O)N1c2ccccc2NC(=O)C1(C)C)N(Cc1ccc(F)cc1)C1CC1. The number of nitrogens with zero attached hydrogens (tertiary/aromatic N) is 2. The first-order valence-corrected chi connectivity index (χ1v) is 10.0.